The van der Waals surface area contributed by atoms with Crippen molar-refractivity contribution >= 4 is 11.5 Å². The van der Waals surface area contributed by atoms with Crippen molar-refractivity contribution in [2.45, 2.75) is 39.2 Å². The van der Waals surface area contributed by atoms with Crippen molar-refractivity contribution in [3.63, 3.8) is 0 Å². The lowest BCUT2D eigenvalue weighted by Gasteiger charge is -2.29. The molecule has 1 atom stereocenters. The van der Waals surface area contributed by atoms with E-state index in [0.29, 0.717) is 6.04 Å². The topological polar surface area (TPSA) is 58.4 Å². The zero-order valence-electron chi connectivity index (χ0n) is 12.2. The van der Waals surface area contributed by atoms with E-state index >= 15 is 0 Å². The molecule has 0 bridgehead atoms. The van der Waals surface area contributed by atoms with Gasteiger partial charge in [-0.2, -0.15) is 0 Å². The first-order valence-electron chi connectivity index (χ1n) is 7.39. The number of nitrogens with zero attached hydrogens (tertiary/aromatic N) is 5. The quantitative estimate of drug-likeness (QED) is 0.920. The van der Waals surface area contributed by atoms with E-state index in [4.69, 9.17) is 0 Å². The largest absolute Gasteiger partial charge is 0.363 e. The van der Waals surface area contributed by atoms with Crippen LogP contribution >= 0.6 is 0 Å². The van der Waals surface area contributed by atoms with Crippen molar-refractivity contribution in [1.82, 2.24) is 24.5 Å². The predicted molar refractivity (Wildman–Crippen MR) is 78.9 cm³/mol. The molecule has 6 nitrogen and oxygen atoms in total. The van der Waals surface area contributed by atoms with E-state index in [1.165, 1.54) is 32.4 Å². The summed E-state index contributed by atoms with van der Waals surface area (Å²) in [7, 11) is 0. The molecule has 0 spiro atoms. The maximum atomic E-state index is 4.40. The fourth-order valence-corrected chi connectivity index (χ4v) is 2.85. The van der Waals surface area contributed by atoms with Crippen LogP contribution in [-0.4, -0.2) is 50.2 Å². The molecule has 0 aliphatic carbocycles. The standard InChI is InChI=1S/C14H22N6/c1-11(10-19-7-4-3-5-8-19)16-13-14-18-17-12(2)20(14)9-6-15-13/h6,9,11H,3-5,7-8,10H2,1-2H3,(H,15,16). The Labute approximate surface area is 119 Å². The molecule has 3 heterocycles. The van der Waals surface area contributed by atoms with Crippen LogP contribution in [0.2, 0.25) is 0 Å². The Bertz CT molecular complexity index is 572. The molecule has 2 aromatic heterocycles. The predicted octanol–water partition coefficient (Wildman–Crippen LogP) is 1.72. The van der Waals surface area contributed by atoms with Gasteiger partial charge in [-0.25, -0.2) is 4.98 Å². The van der Waals surface area contributed by atoms with Crippen LogP contribution in [0.3, 0.4) is 0 Å². The average molecular weight is 274 g/mol. The molecule has 1 saturated heterocycles. The Morgan fingerprint density at radius 1 is 1.25 bits per heavy atom. The smallest absolute Gasteiger partial charge is 0.203 e. The summed E-state index contributed by atoms with van der Waals surface area (Å²) in [5, 5.41) is 11.8. The molecule has 1 aliphatic rings. The summed E-state index contributed by atoms with van der Waals surface area (Å²) in [5.74, 6) is 1.70. The number of rotatable bonds is 4. The zero-order chi connectivity index (χ0) is 13.9. The summed E-state index contributed by atoms with van der Waals surface area (Å²) >= 11 is 0. The molecule has 0 saturated carbocycles. The third-order valence-corrected chi connectivity index (χ3v) is 3.86. The number of hydrogen-bond acceptors (Lipinski definition) is 5. The van der Waals surface area contributed by atoms with Crippen LogP contribution in [0.4, 0.5) is 5.82 Å². The molecule has 6 heteroatoms. The summed E-state index contributed by atoms with van der Waals surface area (Å²) in [6, 6.07) is 0.351. The lowest BCUT2D eigenvalue weighted by atomic mass is 10.1. The minimum atomic E-state index is 0.351. The number of aryl methyl sites for hydroxylation is 1. The van der Waals surface area contributed by atoms with E-state index in [2.05, 4.69) is 32.3 Å². The van der Waals surface area contributed by atoms with Crippen LogP contribution in [0.15, 0.2) is 12.4 Å². The molecule has 1 aliphatic heterocycles. The zero-order valence-corrected chi connectivity index (χ0v) is 12.2. The van der Waals surface area contributed by atoms with Gasteiger partial charge >= 0.3 is 0 Å². The summed E-state index contributed by atoms with van der Waals surface area (Å²) in [4.78, 5) is 6.92. The fraction of sp³-hybridized carbons (Fsp3) is 0.643. The molecule has 1 fully saturated rings. The van der Waals surface area contributed by atoms with Gasteiger partial charge in [0.25, 0.3) is 0 Å². The van der Waals surface area contributed by atoms with Gasteiger partial charge in [0, 0.05) is 25.0 Å². The van der Waals surface area contributed by atoms with E-state index in [0.717, 1.165) is 23.8 Å². The Balaban J connectivity index is 1.69. The fourth-order valence-electron chi connectivity index (χ4n) is 2.85. The minimum absolute atomic E-state index is 0.351. The molecule has 3 rings (SSSR count). The summed E-state index contributed by atoms with van der Waals surface area (Å²) in [6.07, 6.45) is 7.70. The van der Waals surface area contributed by atoms with Gasteiger partial charge in [-0.15, -0.1) is 10.2 Å². The number of nitrogens with one attached hydrogen (secondary N) is 1. The first-order chi connectivity index (χ1) is 9.74. The third-order valence-electron chi connectivity index (χ3n) is 3.86. The minimum Gasteiger partial charge on any atom is -0.363 e. The molecular formula is C14H22N6. The van der Waals surface area contributed by atoms with Crippen molar-refractivity contribution in [3.8, 4) is 0 Å². The van der Waals surface area contributed by atoms with Crippen molar-refractivity contribution in [3.05, 3.63) is 18.2 Å². The summed E-state index contributed by atoms with van der Waals surface area (Å²) < 4.78 is 1.96. The molecule has 0 amide bonds. The van der Waals surface area contributed by atoms with Crippen molar-refractivity contribution < 1.29 is 0 Å². The molecule has 20 heavy (non-hydrogen) atoms. The molecular weight excluding hydrogens is 252 g/mol. The highest BCUT2D eigenvalue weighted by Crippen LogP contribution is 2.14. The lowest BCUT2D eigenvalue weighted by molar-refractivity contribution is 0.223. The molecule has 1 N–H and O–H groups in total. The summed E-state index contributed by atoms with van der Waals surface area (Å²) in [5.41, 5.74) is 0.801. The van der Waals surface area contributed by atoms with Gasteiger partial charge in [-0.1, -0.05) is 6.42 Å². The van der Waals surface area contributed by atoms with E-state index in [9.17, 15) is 0 Å². The number of fused-ring (bicyclic) bond motifs is 1. The molecule has 0 aromatic carbocycles. The van der Waals surface area contributed by atoms with Gasteiger partial charge < -0.3 is 10.2 Å². The van der Waals surface area contributed by atoms with E-state index < -0.39 is 0 Å². The second-order valence-electron chi connectivity index (χ2n) is 5.62. The Hall–Kier alpha value is -1.69. The van der Waals surface area contributed by atoms with Gasteiger partial charge in [0.2, 0.25) is 5.65 Å². The average Bonchev–Trinajstić information content (AvgIpc) is 2.83. The van der Waals surface area contributed by atoms with Crippen LogP contribution < -0.4 is 5.32 Å². The summed E-state index contributed by atoms with van der Waals surface area (Å²) in [6.45, 7) is 7.63. The maximum absolute atomic E-state index is 4.40. The highest BCUT2D eigenvalue weighted by molar-refractivity contribution is 5.62. The number of hydrogen-bond donors (Lipinski definition) is 1. The van der Waals surface area contributed by atoms with Crippen LogP contribution in [0, 0.1) is 6.92 Å². The van der Waals surface area contributed by atoms with Gasteiger partial charge in [0.05, 0.1) is 0 Å². The van der Waals surface area contributed by atoms with Gasteiger partial charge in [-0.3, -0.25) is 4.40 Å². The normalized spacial score (nSPS) is 18.3. The highest BCUT2D eigenvalue weighted by Gasteiger charge is 2.15. The van der Waals surface area contributed by atoms with Crippen LogP contribution in [0.5, 0.6) is 0 Å². The SMILES string of the molecule is Cc1nnc2c(NC(C)CN3CCCCC3)nccn12. The van der Waals surface area contributed by atoms with Crippen LogP contribution in [0.1, 0.15) is 32.0 Å². The van der Waals surface area contributed by atoms with Crippen molar-refractivity contribution in [1.29, 1.82) is 0 Å². The number of likely N-dealkylation sites (tertiary alicyclic amines) is 1. The molecule has 2 aromatic rings. The second-order valence-corrected chi connectivity index (χ2v) is 5.62. The van der Waals surface area contributed by atoms with Crippen LogP contribution in [-0.2, 0) is 0 Å². The van der Waals surface area contributed by atoms with Crippen molar-refractivity contribution in [2.24, 2.45) is 0 Å². The Morgan fingerprint density at radius 2 is 2.05 bits per heavy atom. The van der Waals surface area contributed by atoms with Gasteiger partial charge in [-0.05, 0) is 39.8 Å². The number of anilines is 1. The number of piperidine rings is 1. The van der Waals surface area contributed by atoms with Crippen molar-refractivity contribution in [2.75, 3.05) is 25.0 Å². The lowest BCUT2D eigenvalue weighted by Crippen LogP contribution is -2.38. The maximum Gasteiger partial charge on any atom is 0.203 e. The first kappa shape index (κ1) is 13.3. The van der Waals surface area contributed by atoms with Gasteiger partial charge in [0.15, 0.2) is 5.82 Å². The van der Waals surface area contributed by atoms with E-state index in [-0.39, 0.29) is 0 Å². The van der Waals surface area contributed by atoms with Crippen LogP contribution in [0.25, 0.3) is 5.65 Å². The van der Waals surface area contributed by atoms with Gasteiger partial charge in [0.1, 0.15) is 5.82 Å². The van der Waals surface area contributed by atoms with E-state index in [1.807, 2.05) is 17.5 Å². The Morgan fingerprint density at radius 3 is 2.85 bits per heavy atom. The van der Waals surface area contributed by atoms with E-state index in [1.54, 1.807) is 6.20 Å². The monoisotopic (exact) mass is 274 g/mol. The molecule has 1 unspecified atom stereocenters. The Kier molecular flexibility index (Phi) is 3.82. The first-order valence-corrected chi connectivity index (χ1v) is 7.39. The highest BCUT2D eigenvalue weighted by atomic mass is 15.3. The molecule has 0 radical (unpaired) electrons. The number of aromatic nitrogens is 4. The third kappa shape index (κ3) is 2.75. The molecule has 108 valence electrons. The second kappa shape index (κ2) is 5.75.